The van der Waals surface area contributed by atoms with Crippen molar-refractivity contribution in [3.63, 3.8) is 0 Å². The molecular weight excluding hydrogens is 302 g/mol. The van der Waals surface area contributed by atoms with Crippen LogP contribution in [-0.2, 0) is 12.0 Å². The van der Waals surface area contributed by atoms with Gasteiger partial charge in [0.15, 0.2) is 5.82 Å². The molecule has 1 aromatic heterocycles. The first kappa shape index (κ1) is 14.9. The van der Waals surface area contributed by atoms with Gasteiger partial charge in [-0.1, -0.05) is 41.6 Å². The lowest BCUT2D eigenvalue weighted by atomic mass is 9.74. The number of ether oxygens (including phenoxy) is 1. The van der Waals surface area contributed by atoms with Crippen LogP contribution in [0.15, 0.2) is 53.1 Å². The number of fused-ring (bicyclic) bond motifs is 2. The second kappa shape index (κ2) is 5.46. The van der Waals surface area contributed by atoms with Gasteiger partial charge in [-0.2, -0.15) is 4.98 Å². The minimum Gasteiger partial charge on any atom is -0.457 e. The van der Waals surface area contributed by atoms with E-state index in [1.807, 2.05) is 55.4 Å². The van der Waals surface area contributed by atoms with Gasteiger partial charge in [-0.05, 0) is 33.2 Å². The van der Waals surface area contributed by atoms with E-state index in [1.54, 1.807) is 0 Å². The van der Waals surface area contributed by atoms with Crippen LogP contribution in [0, 0.1) is 0 Å². The number of para-hydroxylation sites is 2. The van der Waals surface area contributed by atoms with E-state index in [0.29, 0.717) is 18.3 Å². The normalized spacial score (nSPS) is 14.8. The Balaban J connectivity index is 1.91. The van der Waals surface area contributed by atoms with Gasteiger partial charge in [0.25, 0.3) is 0 Å². The van der Waals surface area contributed by atoms with Crippen LogP contribution in [0.4, 0.5) is 0 Å². The van der Waals surface area contributed by atoms with Crippen LogP contribution in [0.25, 0.3) is 0 Å². The lowest BCUT2D eigenvalue weighted by molar-refractivity contribution is 0.316. The zero-order valence-corrected chi connectivity index (χ0v) is 14.0. The number of hydrogen-bond acceptors (Lipinski definition) is 5. The van der Waals surface area contributed by atoms with Crippen LogP contribution < -0.4 is 4.74 Å². The Morgan fingerprint density at radius 2 is 1.54 bits per heavy atom. The fourth-order valence-corrected chi connectivity index (χ4v) is 3.24. The van der Waals surface area contributed by atoms with Crippen LogP contribution in [0.5, 0.6) is 11.5 Å². The molecule has 0 aliphatic carbocycles. The molecule has 0 unspecified atom stereocenters. The van der Waals surface area contributed by atoms with Gasteiger partial charge in [-0.25, -0.2) is 0 Å². The minimum absolute atomic E-state index is 0.539. The fourth-order valence-electron chi connectivity index (χ4n) is 3.24. The summed E-state index contributed by atoms with van der Waals surface area (Å²) in [5.41, 5.74) is 1.52. The summed E-state index contributed by atoms with van der Waals surface area (Å²) in [6, 6.07) is 16.0. The highest BCUT2D eigenvalue weighted by Gasteiger charge is 2.44. The maximum absolute atomic E-state index is 6.07. The highest BCUT2D eigenvalue weighted by molar-refractivity contribution is 5.60. The average molecular weight is 321 g/mol. The van der Waals surface area contributed by atoms with Crippen LogP contribution in [-0.4, -0.2) is 29.1 Å². The number of rotatable bonds is 3. The summed E-state index contributed by atoms with van der Waals surface area (Å²) in [5, 5.41) is 4.15. The molecule has 1 aliphatic heterocycles. The molecule has 0 N–H and O–H groups in total. The van der Waals surface area contributed by atoms with Crippen molar-refractivity contribution >= 4 is 0 Å². The quantitative estimate of drug-likeness (QED) is 0.738. The molecule has 0 saturated carbocycles. The fraction of sp³-hybridized carbons (Fsp3) is 0.263. The summed E-state index contributed by atoms with van der Waals surface area (Å²) in [4.78, 5) is 6.69. The molecular formula is C19H19N3O2. The predicted molar refractivity (Wildman–Crippen MR) is 90.2 cm³/mol. The second-order valence-corrected chi connectivity index (χ2v) is 6.47. The summed E-state index contributed by atoms with van der Waals surface area (Å²) in [6.07, 6.45) is 0. The van der Waals surface area contributed by atoms with Crippen molar-refractivity contribution in [2.24, 2.45) is 0 Å². The monoisotopic (exact) mass is 321 g/mol. The third-order valence-electron chi connectivity index (χ3n) is 4.42. The van der Waals surface area contributed by atoms with E-state index < -0.39 is 5.41 Å². The van der Waals surface area contributed by atoms with Crippen LogP contribution >= 0.6 is 0 Å². The number of benzene rings is 2. The van der Waals surface area contributed by atoms with E-state index in [0.717, 1.165) is 22.6 Å². The lowest BCUT2D eigenvalue weighted by Gasteiger charge is -2.34. The highest BCUT2D eigenvalue weighted by Crippen LogP contribution is 2.50. The largest absolute Gasteiger partial charge is 0.457 e. The Bertz CT molecular complexity index is 840. The Morgan fingerprint density at radius 3 is 2.12 bits per heavy atom. The molecule has 4 rings (SSSR count). The average Bonchev–Trinajstić information content (AvgIpc) is 3.03. The Kier molecular flexibility index (Phi) is 3.39. The van der Waals surface area contributed by atoms with Gasteiger partial charge < -0.3 is 14.2 Å². The molecule has 0 amide bonds. The Hall–Kier alpha value is -2.66. The van der Waals surface area contributed by atoms with Crippen LogP contribution in [0.2, 0.25) is 0 Å². The van der Waals surface area contributed by atoms with Crippen molar-refractivity contribution in [2.45, 2.75) is 18.9 Å². The van der Waals surface area contributed by atoms with Gasteiger partial charge in [0.2, 0.25) is 5.89 Å². The first-order valence-electron chi connectivity index (χ1n) is 7.93. The Labute approximate surface area is 140 Å². The molecule has 5 nitrogen and oxygen atoms in total. The Morgan fingerprint density at radius 1 is 0.958 bits per heavy atom. The molecule has 0 radical (unpaired) electrons. The number of nitrogens with zero attached hydrogens (tertiary/aromatic N) is 3. The second-order valence-electron chi connectivity index (χ2n) is 6.47. The van der Waals surface area contributed by atoms with Gasteiger partial charge in [0.1, 0.15) is 16.9 Å². The van der Waals surface area contributed by atoms with Gasteiger partial charge in [-0.3, -0.25) is 0 Å². The summed E-state index contributed by atoms with van der Waals surface area (Å²) in [5.74, 6) is 2.91. The third-order valence-corrected chi connectivity index (χ3v) is 4.42. The van der Waals surface area contributed by atoms with E-state index in [1.165, 1.54) is 0 Å². The van der Waals surface area contributed by atoms with Crippen molar-refractivity contribution in [2.75, 3.05) is 14.1 Å². The van der Waals surface area contributed by atoms with Crippen molar-refractivity contribution < 1.29 is 9.26 Å². The molecule has 5 heteroatoms. The molecule has 0 atom stereocenters. The van der Waals surface area contributed by atoms with Gasteiger partial charge >= 0.3 is 0 Å². The van der Waals surface area contributed by atoms with Crippen LogP contribution in [0.3, 0.4) is 0 Å². The molecule has 24 heavy (non-hydrogen) atoms. The summed E-state index contributed by atoms with van der Waals surface area (Å²) in [7, 11) is 3.97. The summed E-state index contributed by atoms with van der Waals surface area (Å²) in [6.45, 7) is 2.75. The van der Waals surface area contributed by atoms with Crippen molar-refractivity contribution in [1.29, 1.82) is 0 Å². The van der Waals surface area contributed by atoms with E-state index in [-0.39, 0.29) is 0 Å². The van der Waals surface area contributed by atoms with Gasteiger partial charge in [0, 0.05) is 11.1 Å². The third kappa shape index (κ3) is 2.20. The maximum atomic E-state index is 6.07. The van der Waals surface area contributed by atoms with Crippen LogP contribution in [0.1, 0.15) is 29.8 Å². The topological polar surface area (TPSA) is 51.4 Å². The first-order valence-corrected chi connectivity index (χ1v) is 7.93. The first-order chi connectivity index (χ1) is 11.6. The van der Waals surface area contributed by atoms with E-state index >= 15 is 0 Å². The zero-order chi connectivity index (χ0) is 16.7. The molecule has 0 fully saturated rings. The van der Waals surface area contributed by atoms with E-state index in [2.05, 4.69) is 29.2 Å². The van der Waals surface area contributed by atoms with Gasteiger partial charge in [0.05, 0.1) is 6.54 Å². The maximum Gasteiger partial charge on any atom is 0.241 e. The minimum atomic E-state index is -0.539. The van der Waals surface area contributed by atoms with E-state index in [9.17, 15) is 0 Å². The molecule has 0 bridgehead atoms. The van der Waals surface area contributed by atoms with E-state index in [4.69, 9.17) is 9.26 Å². The molecule has 0 spiro atoms. The summed E-state index contributed by atoms with van der Waals surface area (Å²) >= 11 is 0. The van der Waals surface area contributed by atoms with Crippen molar-refractivity contribution in [3.8, 4) is 11.5 Å². The van der Waals surface area contributed by atoms with Crippen molar-refractivity contribution in [3.05, 3.63) is 71.4 Å². The smallest absolute Gasteiger partial charge is 0.241 e. The SMILES string of the molecule is CN(C)Cc1noc(C2(C)c3ccccc3Oc3ccccc32)n1. The van der Waals surface area contributed by atoms with Crippen molar-refractivity contribution in [1.82, 2.24) is 15.0 Å². The highest BCUT2D eigenvalue weighted by atomic mass is 16.5. The predicted octanol–water partition coefficient (Wildman–Crippen LogP) is 3.59. The lowest BCUT2D eigenvalue weighted by Crippen LogP contribution is -2.29. The molecule has 2 aromatic carbocycles. The zero-order valence-electron chi connectivity index (χ0n) is 14.0. The number of aromatic nitrogens is 2. The molecule has 1 aliphatic rings. The number of hydrogen-bond donors (Lipinski definition) is 0. The summed E-state index contributed by atoms with van der Waals surface area (Å²) < 4.78 is 11.7. The molecule has 2 heterocycles. The standard InChI is InChI=1S/C19H19N3O2/c1-19(18-20-17(21-24-18)12-22(2)3)13-8-4-6-10-15(13)23-16-11-7-5-9-14(16)19/h4-11H,12H2,1-3H3. The molecule has 3 aromatic rings. The van der Waals surface area contributed by atoms with Gasteiger partial charge in [-0.15, -0.1) is 0 Å². The molecule has 122 valence electrons. The molecule has 0 saturated heterocycles.